The summed E-state index contributed by atoms with van der Waals surface area (Å²) in [4.78, 5) is 27.6. The fraction of sp³-hybridized carbons (Fsp3) is 0.412. The van der Waals surface area contributed by atoms with Crippen molar-refractivity contribution in [2.24, 2.45) is 0 Å². The number of hydrogen-bond acceptors (Lipinski definition) is 6. The number of aryl methyl sites for hydroxylation is 1. The van der Waals surface area contributed by atoms with Crippen LogP contribution in [-0.2, 0) is 11.3 Å². The van der Waals surface area contributed by atoms with Crippen LogP contribution in [0, 0.1) is 6.92 Å². The normalized spacial score (nSPS) is 15.2. The first-order valence-corrected chi connectivity index (χ1v) is 8.19. The van der Waals surface area contributed by atoms with Crippen LogP contribution in [0.1, 0.15) is 29.1 Å². The van der Waals surface area contributed by atoms with Crippen LogP contribution in [-0.4, -0.2) is 58.0 Å². The molecule has 3 rings (SSSR count). The van der Waals surface area contributed by atoms with Crippen molar-refractivity contribution in [3.05, 3.63) is 41.6 Å². The van der Waals surface area contributed by atoms with Crippen molar-refractivity contribution in [1.82, 2.24) is 20.0 Å². The Bertz CT molecular complexity index is 748. The lowest BCUT2D eigenvalue weighted by molar-refractivity contribution is -0.114. The van der Waals surface area contributed by atoms with Crippen LogP contribution in [0.3, 0.4) is 0 Å². The Morgan fingerprint density at radius 1 is 1.12 bits per heavy atom. The van der Waals surface area contributed by atoms with Crippen LogP contribution in [0.2, 0.25) is 0 Å². The van der Waals surface area contributed by atoms with Gasteiger partial charge in [0.1, 0.15) is 0 Å². The Morgan fingerprint density at radius 2 is 1.80 bits per heavy atom. The van der Waals surface area contributed by atoms with Crippen LogP contribution in [0.15, 0.2) is 28.7 Å². The van der Waals surface area contributed by atoms with Gasteiger partial charge in [-0.1, -0.05) is 0 Å². The molecule has 0 atom stereocenters. The number of hydrogen-bond donors (Lipinski definition) is 1. The average molecular weight is 343 g/mol. The number of carbonyl (C=O) groups excluding carboxylic acids is 2. The van der Waals surface area contributed by atoms with Crippen LogP contribution in [0.4, 0.5) is 5.69 Å². The van der Waals surface area contributed by atoms with E-state index in [1.165, 1.54) is 6.92 Å². The molecule has 0 bridgehead atoms. The monoisotopic (exact) mass is 343 g/mol. The van der Waals surface area contributed by atoms with E-state index in [0.717, 1.165) is 13.1 Å². The predicted octanol–water partition coefficient (Wildman–Crippen LogP) is 1.29. The van der Waals surface area contributed by atoms with Crippen LogP contribution >= 0.6 is 0 Å². The molecule has 0 unspecified atom stereocenters. The first-order chi connectivity index (χ1) is 12.0. The molecule has 1 aromatic carbocycles. The van der Waals surface area contributed by atoms with E-state index in [1.54, 1.807) is 31.2 Å². The lowest BCUT2D eigenvalue weighted by atomic mass is 10.1. The van der Waals surface area contributed by atoms with Crippen LogP contribution < -0.4 is 5.32 Å². The minimum Gasteiger partial charge on any atom is -0.424 e. The molecule has 0 saturated carbocycles. The third-order valence-corrected chi connectivity index (χ3v) is 4.04. The molecule has 2 heterocycles. The highest BCUT2D eigenvalue weighted by Crippen LogP contribution is 2.14. The zero-order valence-corrected chi connectivity index (χ0v) is 14.4. The molecule has 0 aliphatic carbocycles. The Balaban J connectivity index is 1.53. The first kappa shape index (κ1) is 17.1. The Morgan fingerprint density at radius 3 is 2.36 bits per heavy atom. The van der Waals surface area contributed by atoms with Gasteiger partial charge < -0.3 is 14.6 Å². The van der Waals surface area contributed by atoms with E-state index in [-0.39, 0.29) is 11.8 Å². The number of nitrogens with one attached hydrogen (secondary N) is 1. The number of benzene rings is 1. The van der Waals surface area contributed by atoms with Crippen LogP contribution in [0.5, 0.6) is 0 Å². The van der Waals surface area contributed by atoms with Gasteiger partial charge in [-0.15, -0.1) is 10.2 Å². The molecule has 1 fully saturated rings. The molecule has 2 aromatic rings. The molecule has 25 heavy (non-hydrogen) atoms. The smallest absolute Gasteiger partial charge is 0.253 e. The molecule has 8 nitrogen and oxygen atoms in total. The van der Waals surface area contributed by atoms with Crippen molar-refractivity contribution in [2.75, 3.05) is 31.5 Å². The third-order valence-electron chi connectivity index (χ3n) is 4.04. The summed E-state index contributed by atoms with van der Waals surface area (Å²) in [6.45, 7) is 6.65. The van der Waals surface area contributed by atoms with E-state index in [1.807, 2.05) is 4.90 Å². The second-order valence-electron chi connectivity index (χ2n) is 6.04. The number of amides is 2. The molecule has 132 valence electrons. The molecule has 8 heteroatoms. The van der Waals surface area contributed by atoms with Gasteiger partial charge in [-0.3, -0.25) is 14.5 Å². The Labute approximate surface area is 145 Å². The standard InChI is InChI=1S/C17H21N5O3/c1-12(23)18-15-5-3-14(4-6-15)17(24)22-9-7-21(8-10-22)11-16-20-19-13(2)25-16/h3-6H,7-11H2,1-2H3,(H,18,23). The zero-order chi connectivity index (χ0) is 17.8. The van der Waals surface area contributed by atoms with Gasteiger partial charge in [-0.05, 0) is 24.3 Å². The SMILES string of the molecule is CC(=O)Nc1ccc(C(=O)N2CCN(Cc3nnc(C)o3)CC2)cc1. The largest absolute Gasteiger partial charge is 0.424 e. The number of piperazine rings is 1. The van der Waals surface area contributed by atoms with Crippen LogP contribution in [0.25, 0.3) is 0 Å². The maximum Gasteiger partial charge on any atom is 0.253 e. The average Bonchev–Trinajstić information content (AvgIpc) is 3.00. The van der Waals surface area contributed by atoms with Crippen molar-refractivity contribution < 1.29 is 14.0 Å². The van der Waals surface area contributed by atoms with Gasteiger partial charge in [-0.2, -0.15) is 0 Å². The van der Waals surface area contributed by atoms with Gasteiger partial charge in [0.25, 0.3) is 5.91 Å². The summed E-state index contributed by atoms with van der Waals surface area (Å²) in [5, 5.41) is 10.5. The van der Waals surface area contributed by atoms with E-state index in [4.69, 9.17) is 4.42 Å². The molecule has 0 spiro atoms. The third kappa shape index (κ3) is 4.42. The Hall–Kier alpha value is -2.74. The van der Waals surface area contributed by atoms with E-state index >= 15 is 0 Å². The van der Waals surface area contributed by atoms with Crippen molar-refractivity contribution in [3.8, 4) is 0 Å². The molecule has 1 aromatic heterocycles. The number of nitrogens with zero attached hydrogens (tertiary/aromatic N) is 4. The van der Waals surface area contributed by atoms with Gasteiger partial charge in [0.15, 0.2) is 0 Å². The molecular weight excluding hydrogens is 322 g/mol. The molecule has 1 aliphatic rings. The molecule has 1 aliphatic heterocycles. The minimum atomic E-state index is -0.133. The summed E-state index contributed by atoms with van der Waals surface area (Å²) in [5.41, 5.74) is 1.30. The first-order valence-electron chi connectivity index (χ1n) is 8.19. The summed E-state index contributed by atoms with van der Waals surface area (Å²) < 4.78 is 5.39. The molecule has 2 amide bonds. The summed E-state index contributed by atoms with van der Waals surface area (Å²) in [7, 11) is 0. The van der Waals surface area contributed by atoms with E-state index in [2.05, 4.69) is 20.4 Å². The quantitative estimate of drug-likeness (QED) is 0.899. The molecular formula is C17H21N5O3. The van der Waals surface area contributed by atoms with Crippen molar-refractivity contribution in [2.45, 2.75) is 20.4 Å². The molecule has 1 N–H and O–H groups in total. The maximum absolute atomic E-state index is 12.6. The minimum absolute atomic E-state index is 0.00246. The van der Waals surface area contributed by atoms with Gasteiger partial charge in [0, 0.05) is 51.3 Å². The zero-order valence-electron chi connectivity index (χ0n) is 14.4. The topological polar surface area (TPSA) is 91.6 Å². The lowest BCUT2D eigenvalue weighted by Crippen LogP contribution is -2.48. The predicted molar refractivity (Wildman–Crippen MR) is 91.0 cm³/mol. The number of anilines is 1. The number of rotatable bonds is 4. The van der Waals surface area contributed by atoms with Gasteiger partial charge in [0.05, 0.1) is 6.54 Å². The van der Waals surface area contributed by atoms with Crippen molar-refractivity contribution in [3.63, 3.8) is 0 Å². The fourth-order valence-corrected chi connectivity index (χ4v) is 2.78. The highest BCUT2D eigenvalue weighted by Gasteiger charge is 2.23. The second-order valence-corrected chi connectivity index (χ2v) is 6.04. The summed E-state index contributed by atoms with van der Waals surface area (Å²) >= 11 is 0. The lowest BCUT2D eigenvalue weighted by Gasteiger charge is -2.34. The van der Waals surface area contributed by atoms with Crippen molar-refractivity contribution >= 4 is 17.5 Å². The fourth-order valence-electron chi connectivity index (χ4n) is 2.78. The van der Waals surface area contributed by atoms with Gasteiger partial charge in [0.2, 0.25) is 17.7 Å². The molecule has 1 saturated heterocycles. The number of carbonyl (C=O) groups is 2. The summed E-state index contributed by atoms with van der Waals surface area (Å²) in [5.74, 6) is 1.03. The highest BCUT2D eigenvalue weighted by molar-refractivity contribution is 5.95. The van der Waals surface area contributed by atoms with Crippen molar-refractivity contribution in [1.29, 1.82) is 0 Å². The number of aromatic nitrogens is 2. The second kappa shape index (κ2) is 7.43. The summed E-state index contributed by atoms with van der Waals surface area (Å²) in [6.07, 6.45) is 0. The summed E-state index contributed by atoms with van der Waals surface area (Å²) in [6, 6.07) is 6.95. The highest BCUT2D eigenvalue weighted by atomic mass is 16.4. The van der Waals surface area contributed by atoms with Gasteiger partial charge >= 0.3 is 0 Å². The van der Waals surface area contributed by atoms with E-state index < -0.39 is 0 Å². The van der Waals surface area contributed by atoms with E-state index in [9.17, 15) is 9.59 Å². The Kier molecular flexibility index (Phi) is 5.08. The van der Waals surface area contributed by atoms with Gasteiger partial charge in [-0.25, -0.2) is 0 Å². The van der Waals surface area contributed by atoms with E-state index in [0.29, 0.717) is 42.7 Å². The maximum atomic E-state index is 12.6. The molecule has 0 radical (unpaired) electrons.